The summed E-state index contributed by atoms with van der Waals surface area (Å²) < 4.78 is 0. The quantitative estimate of drug-likeness (QED) is 0.478. The Labute approximate surface area is 183 Å². The molecule has 6 heteroatoms. The van der Waals surface area contributed by atoms with E-state index in [1.165, 1.54) is 5.56 Å². The monoisotopic (exact) mass is 416 g/mol. The average Bonchev–Trinajstić information content (AvgIpc) is 2.77. The van der Waals surface area contributed by atoms with Crippen molar-refractivity contribution >= 4 is 23.3 Å². The minimum absolute atomic E-state index is 0.0628. The van der Waals surface area contributed by atoms with Gasteiger partial charge in [-0.2, -0.15) is 0 Å². The lowest BCUT2D eigenvalue weighted by atomic mass is 10.0. The molecule has 3 rings (SSSR count). The van der Waals surface area contributed by atoms with Gasteiger partial charge in [-0.05, 0) is 59.4 Å². The van der Waals surface area contributed by atoms with Gasteiger partial charge in [0.05, 0.1) is 0 Å². The third kappa shape index (κ3) is 7.26. The van der Waals surface area contributed by atoms with Gasteiger partial charge in [0, 0.05) is 36.7 Å². The number of carbonyl (C=O) groups is 2. The molecule has 0 spiro atoms. The van der Waals surface area contributed by atoms with Crippen LogP contribution in [0.3, 0.4) is 0 Å². The van der Waals surface area contributed by atoms with Crippen LogP contribution in [0.4, 0.5) is 16.2 Å². The predicted octanol–water partition coefficient (Wildman–Crippen LogP) is 5.10. The zero-order valence-corrected chi connectivity index (χ0v) is 17.9. The van der Waals surface area contributed by atoms with Crippen LogP contribution in [0.25, 0.3) is 0 Å². The van der Waals surface area contributed by atoms with Crippen molar-refractivity contribution in [3.05, 3.63) is 89.7 Å². The molecule has 2 aromatic carbocycles. The molecule has 3 aromatic rings. The molecule has 1 aromatic heterocycles. The van der Waals surface area contributed by atoms with Crippen molar-refractivity contribution in [1.29, 1.82) is 0 Å². The van der Waals surface area contributed by atoms with E-state index in [0.717, 1.165) is 11.1 Å². The maximum atomic E-state index is 12.3. The second-order valence-corrected chi connectivity index (χ2v) is 7.69. The van der Waals surface area contributed by atoms with E-state index in [0.29, 0.717) is 36.7 Å². The van der Waals surface area contributed by atoms with Crippen LogP contribution >= 0.6 is 0 Å². The minimum atomic E-state index is -0.315. The molecule has 6 nitrogen and oxygen atoms in total. The van der Waals surface area contributed by atoms with Crippen molar-refractivity contribution < 1.29 is 9.59 Å². The largest absolute Gasteiger partial charge is 0.334 e. The van der Waals surface area contributed by atoms with Crippen LogP contribution in [0.15, 0.2) is 73.1 Å². The highest BCUT2D eigenvalue weighted by molar-refractivity contribution is 5.93. The Morgan fingerprint density at radius 2 is 1.55 bits per heavy atom. The van der Waals surface area contributed by atoms with Gasteiger partial charge >= 0.3 is 6.03 Å². The van der Waals surface area contributed by atoms with Gasteiger partial charge < -0.3 is 16.0 Å². The predicted molar refractivity (Wildman–Crippen MR) is 124 cm³/mol. The fraction of sp³-hybridized carbons (Fsp3) is 0.240. The van der Waals surface area contributed by atoms with E-state index in [-0.39, 0.29) is 11.9 Å². The average molecular weight is 417 g/mol. The van der Waals surface area contributed by atoms with E-state index in [1.807, 2.05) is 12.1 Å². The molecule has 0 aliphatic heterocycles. The van der Waals surface area contributed by atoms with Gasteiger partial charge in [-0.3, -0.25) is 9.78 Å². The molecule has 31 heavy (non-hydrogen) atoms. The summed E-state index contributed by atoms with van der Waals surface area (Å²) in [7, 11) is 0. The summed E-state index contributed by atoms with van der Waals surface area (Å²) in [5, 5.41) is 8.47. The molecule has 160 valence electrons. The number of aromatic nitrogens is 1. The SMILES string of the molecule is CC(C)c1ccc(CCC(=O)Nc2cccc(NC(=O)NCc3ccncc3)c2)cc1. The summed E-state index contributed by atoms with van der Waals surface area (Å²) >= 11 is 0. The second-order valence-electron chi connectivity index (χ2n) is 7.69. The molecule has 0 aliphatic rings. The zero-order chi connectivity index (χ0) is 22.1. The molecule has 3 amide bonds. The van der Waals surface area contributed by atoms with Crippen molar-refractivity contribution in [2.24, 2.45) is 0 Å². The molecule has 0 saturated heterocycles. The maximum absolute atomic E-state index is 12.3. The van der Waals surface area contributed by atoms with Crippen molar-refractivity contribution in [2.75, 3.05) is 10.6 Å². The number of hydrogen-bond donors (Lipinski definition) is 3. The molecule has 0 saturated carbocycles. The summed E-state index contributed by atoms with van der Waals surface area (Å²) in [6.07, 6.45) is 4.44. The normalized spacial score (nSPS) is 10.5. The Bertz CT molecular complexity index is 1000. The number of benzene rings is 2. The number of pyridine rings is 1. The smallest absolute Gasteiger partial charge is 0.319 e. The van der Waals surface area contributed by atoms with Gasteiger partial charge in [0.25, 0.3) is 0 Å². The van der Waals surface area contributed by atoms with E-state index in [9.17, 15) is 9.59 Å². The Morgan fingerprint density at radius 3 is 2.23 bits per heavy atom. The Hall–Kier alpha value is -3.67. The summed E-state index contributed by atoms with van der Waals surface area (Å²) in [5.41, 5.74) is 4.65. The number of amides is 3. The van der Waals surface area contributed by atoms with E-state index < -0.39 is 0 Å². The summed E-state index contributed by atoms with van der Waals surface area (Å²) in [4.78, 5) is 28.4. The maximum Gasteiger partial charge on any atom is 0.319 e. The second kappa shape index (κ2) is 10.9. The van der Waals surface area contributed by atoms with Crippen LogP contribution in [-0.2, 0) is 17.8 Å². The molecule has 0 atom stereocenters. The zero-order valence-electron chi connectivity index (χ0n) is 17.9. The highest BCUT2D eigenvalue weighted by Gasteiger charge is 2.07. The summed E-state index contributed by atoms with van der Waals surface area (Å²) in [6, 6.07) is 18.9. The van der Waals surface area contributed by atoms with Gasteiger partial charge in [0.1, 0.15) is 0 Å². The van der Waals surface area contributed by atoms with Crippen LogP contribution in [0, 0.1) is 0 Å². The molecular weight excluding hydrogens is 388 g/mol. The van der Waals surface area contributed by atoms with Crippen molar-refractivity contribution in [3.8, 4) is 0 Å². The lowest BCUT2D eigenvalue weighted by molar-refractivity contribution is -0.116. The van der Waals surface area contributed by atoms with Crippen LogP contribution in [-0.4, -0.2) is 16.9 Å². The van der Waals surface area contributed by atoms with E-state index >= 15 is 0 Å². The summed E-state index contributed by atoms with van der Waals surface area (Å²) in [6.45, 7) is 4.73. The van der Waals surface area contributed by atoms with Crippen LogP contribution in [0.5, 0.6) is 0 Å². The highest BCUT2D eigenvalue weighted by atomic mass is 16.2. The molecule has 0 unspecified atom stereocenters. The fourth-order valence-corrected chi connectivity index (χ4v) is 3.08. The molecule has 0 bridgehead atoms. The number of aryl methyl sites for hydroxylation is 1. The standard InChI is InChI=1S/C25H28N4O2/c1-18(2)21-9-6-19(7-10-21)8-11-24(30)28-22-4-3-5-23(16-22)29-25(31)27-17-20-12-14-26-15-13-20/h3-7,9-10,12-16,18H,8,11,17H2,1-2H3,(H,28,30)(H2,27,29,31). The molecule has 3 N–H and O–H groups in total. The van der Waals surface area contributed by atoms with Crippen LogP contribution < -0.4 is 16.0 Å². The summed E-state index contributed by atoms with van der Waals surface area (Å²) in [5.74, 6) is 0.433. The molecular formula is C25H28N4O2. The van der Waals surface area contributed by atoms with Gasteiger partial charge in [-0.1, -0.05) is 44.2 Å². The highest BCUT2D eigenvalue weighted by Crippen LogP contribution is 2.17. The van der Waals surface area contributed by atoms with E-state index in [4.69, 9.17) is 0 Å². The first-order valence-corrected chi connectivity index (χ1v) is 10.4. The number of nitrogens with zero attached hydrogens (tertiary/aromatic N) is 1. The van der Waals surface area contributed by atoms with Gasteiger partial charge in [0.15, 0.2) is 0 Å². The number of nitrogens with one attached hydrogen (secondary N) is 3. The van der Waals surface area contributed by atoms with Crippen molar-refractivity contribution in [3.63, 3.8) is 0 Å². The molecule has 0 aliphatic carbocycles. The Morgan fingerprint density at radius 1 is 0.871 bits per heavy atom. The first-order valence-electron chi connectivity index (χ1n) is 10.4. The topological polar surface area (TPSA) is 83.1 Å². The third-order valence-electron chi connectivity index (χ3n) is 4.89. The minimum Gasteiger partial charge on any atom is -0.334 e. The number of hydrogen-bond acceptors (Lipinski definition) is 3. The number of anilines is 2. The lowest BCUT2D eigenvalue weighted by Gasteiger charge is -2.10. The third-order valence-corrected chi connectivity index (χ3v) is 4.89. The fourth-order valence-electron chi connectivity index (χ4n) is 3.08. The molecule has 1 heterocycles. The lowest BCUT2D eigenvalue weighted by Crippen LogP contribution is -2.28. The van der Waals surface area contributed by atoms with E-state index in [1.54, 1.807) is 36.7 Å². The van der Waals surface area contributed by atoms with Gasteiger partial charge in [-0.25, -0.2) is 4.79 Å². The van der Waals surface area contributed by atoms with Crippen molar-refractivity contribution in [1.82, 2.24) is 10.3 Å². The first kappa shape index (κ1) is 22.0. The van der Waals surface area contributed by atoms with Crippen LogP contribution in [0.2, 0.25) is 0 Å². The van der Waals surface area contributed by atoms with Crippen LogP contribution in [0.1, 0.15) is 42.9 Å². The number of carbonyl (C=O) groups excluding carboxylic acids is 2. The number of urea groups is 1. The Balaban J connectivity index is 1.46. The van der Waals surface area contributed by atoms with Crippen molar-refractivity contribution in [2.45, 2.75) is 39.2 Å². The molecule has 0 fully saturated rings. The van der Waals surface area contributed by atoms with Gasteiger partial charge in [0.2, 0.25) is 5.91 Å². The first-order chi connectivity index (χ1) is 15.0. The number of rotatable bonds is 8. The van der Waals surface area contributed by atoms with Gasteiger partial charge in [-0.15, -0.1) is 0 Å². The van der Waals surface area contributed by atoms with E-state index in [2.05, 4.69) is 59.0 Å². The Kier molecular flexibility index (Phi) is 7.76. The molecule has 0 radical (unpaired) electrons.